The van der Waals surface area contributed by atoms with E-state index in [-0.39, 0.29) is 12.0 Å². The minimum Gasteiger partial charge on any atom is -0.495 e. The van der Waals surface area contributed by atoms with Gasteiger partial charge in [-0.2, -0.15) is 0 Å². The Balaban J connectivity index is 2.12. The predicted molar refractivity (Wildman–Crippen MR) is 88.3 cm³/mol. The van der Waals surface area contributed by atoms with Crippen LogP contribution in [0.25, 0.3) is 0 Å². The van der Waals surface area contributed by atoms with E-state index in [9.17, 15) is 5.11 Å². The number of rotatable bonds is 2. The van der Waals surface area contributed by atoms with Gasteiger partial charge in [0.25, 0.3) is 0 Å². The minimum atomic E-state index is -0.342. The van der Waals surface area contributed by atoms with Crippen LogP contribution < -0.4 is 4.74 Å². The molecule has 2 aromatic rings. The number of halogens is 2. The molecule has 1 aliphatic rings. The van der Waals surface area contributed by atoms with Crippen molar-refractivity contribution in [3.05, 3.63) is 62.6 Å². The molecule has 0 spiro atoms. The number of hydrogen-bond donors (Lipinski definition) is 1. The van der Waals surface area contributed by atoms with Crippen LogP contribution in [-0.2, 0) is 6.42 Å². The highest BCUT2D eigenvalue weighted by Crippen LogP contribution is 2.41. The van der Waals surface area contributed by atoms with Gasteiger partial charge in [-0.05, 0) is 53.8 Å². The van der Waals surface area contributed by atoms with Gasteiger partial charge < -0.3 is 9.84 Å². The van der Waals surface area contributed by atoms with Crippen LogP contribution in [-0.4, -0.2) is 18.3 Å². The molecular formula is C17H16BrClO2. The summed E-state index contributed by atoms with van der Waals surface area (Å²) in [6, 6.07) is 12.2. The topological polar surface area (TPSA) is 29.5 Å². The van der Waals surface area contributed by atoms with E-state index < -0.39 is 0 Å². The molecule has 1 N–H and O–H groups in total. The van der Waals surface area contributed by atoms with Crippen LogP contribution in [0.1, 0.15) is 29.0 Å². The predicted octanol–water partition coefficient (Wildman–Crippen LogP) is 4.55. The maximum atomic E-state index is 10.2. The van der Waals surface area contributed by atoms with E-state index in [0.717, 1.165) is 10.0 Å². The summed E-state index contributed by atoms with van der Waals surface area (Å²) in [7, 11) is 1.62. The summed E-state index contributed by atoms with van der Waals surface area (Å²) in [5.41, 5.74) is 3.48. The van der Waals surface area contributed by atoms with Crippen LogP contribution in [0.5, 0.6) is 5.75 Å². The molecule has 0 unspecified atom stereocenters. The molecule has 2 aromatic carbocycles. The summed E-state index contributed by atoms with van der Waals surface area (Å²) in [5, 5.41) is 10.8. The van der Waals surface area contributed by atoms with Crippen molar-refractivity contribution >= 4 is 27.5 Å². The van der Waals surface area contributed by atoms with Crippen molar-refractivity contribution in [2.75, 3.05) is 7.11 Å². The summed E-state index contributed by atoms with van der Waals surface area (Å²) in [6.07, 6.45) is 1.02. The lowest BCUT2D eigenvalue weighted by atomic mass is 9.77. The SMILES string of the molecule is COc1cc2c(cc1Cl)C[C@H](O)C[C@@H]2c1cccc(Br)c1. The molecule has 0 saturated heterocycles. The molecule has 0 aromatic heterocycles. The molecule has 21 heavy (non-hydrogen) atoms. The molecule has 2 nitrogen and oxygen atoms in total. The second-order valence-electron chi connectivity index (χ2n) is 5.39. The molecule has 0 saturated carbocycles. The first-order chi connectivity index (χ1) is 10.1. The highest BCUT2D eigenvalue weighted by molar-refractivity contribution is 9.10. The molecule has 0 radical (unpaired) electrons. The van der Waals surface area contributed by atoms with Gasteiger partial charge in [-0.1, -0.05) is 39.7 Å². The quantitative estimate of drug-likeness (QED) is 0.844. The fraction of sp³-hybridized carbons (Fsp3) is 0.294. The zero-order valence-corrected chi connectivity index (χ0v) is 14.0. The summed E-state index contributed by atoms with van der Waals surface area (Å²) < 4.78 is 6.39. The van der Waals surface area contributed by atoms with E-state index in [1.165, 1.54) is 11.1 Å². The number of hydrogen-bond acceptors (Lipinski definition) is 2. The largest absolute Gasteiger partial charge is 0.495 e. The summed E-state index contributed by atoms with van der Waals surface area (Å²) in [4.78, 5) is 0. The Hall–Kier alpha value is -1.03. The van der Waals surface area contributed by atoms with Crippen molar-refractivity contribution in [3.8, 4) is 5.75 Å². The van der Waals surface area contributed by atoms with Crippen molar-refractivity contribution in [2.45, 2.75) is 24.9 Å². The van der Waals surface area contributed by atoms with Gasteiger partial charge in [0.15, 0.2) is 0 Å². The first kappa shape index (κ1) is 14.9. The van der Waals surface area contributed by atoms with Gasteiger partial charge >= 0.3 is 0 Å². The van der Waals surface area contributed by atoms with Gasteiger partial charge in [-0.3, -0.25) is 0 Å². The number of aliphatic hydroxyl groups excluding tert-OH is 1. The smallest absolute Gasteiger partial charge is 0.137 e. The molecule has 110 valence electrons. The van der Waals surface area contributed by atoms with E-state index in [2.05, 4.69) is 28.1 Å². The fourth-order valence-electron chi connectivity index (χ4n) is 3.04. The van der Waals surface area contributed by atoms with Crippen molar-refractivity contribution in [3.63, 3.8) is 0 Å². The van der Waals surface area contributed by atoms with Gasteiger partial charge in [-0.15, -0.1) is 0 Å². The van der Waals surface area contributed by atoms with Crippen LogP contribution in [0.3, 0.4) is 0 Å². The number of methoxy groups -OCH3 is 1. The van der Waals surface area contributed by atoms with Gasteiger partial charge in [0, 0.05) is 10.4 Å². The van der Waals surface area contributed by atoms with Gasteiger partial charge in [-0.25, -0.2) is 0 Å². The molecule has 0 heterocycles. The van der Waals surface area contributed by atoms with E-state index in [0.29, 0.717) is 23.6 Å². The molecule has 2 atom stereocenters. The first-order valence-electron chi connectivity index (χ1n) is 6.88. The third kappa shape index (κ3) is 2.96. The van der Waals surface area contributed by atoms with Crippen molar-refractivity contribution in [1.82, 2.24) is 0 Å². The van der Waals surface area contributed by atoms with Gasteiger partial charge in [0.1, 0.15) is 5.75 Å². The zero-order valence-electron chi connectivity index (χ0n) is 11.6. The minimum absolute atomic E-state index is 0.160. The second kappa shape index (κ2) is 5.99. The lowest BCUT2D eigenvalue weighted by molar-refractivity contribution is 0.152. The highest BCUT2D eigenvalue weighted by atomic mass is 79.9. The van der Waals surface area contributed by atoms with Crippen LogP contribution >= 0.6 is 27.5 Å². The molecule has 0 amide bonds. The Kier molecular flexibility index (Phi) is 4.25. The third-order valence-corrected chi connectivity index (χ3v) is 4.79. The van der Waals surface area contributed by atoms with Gasteiger partial charge in [0.2, 0.25) is 0 Å². The molecular weight excluding hydrogens is 352 g/mol. The third-order valence-electron chi connectivity index (χ3n) is 4.00. The number of ether oxygens (including phenoxy) is 1. The first-order valence-corrected chi connectivity index (χ1v) is 8.05. The van der Waals surface area contributed by atoms with E-state index in [4.69, 9.17) is 16.3 Å². The average Bonchev–Trinajstić information content (AvgIpc) is 2.45. The van der Waals surface area contributed by atoms with Crippen molar-refractivity contribution in [1.29, 1.82) is 0 Å². The summed E-state index contributed by atoms with van der Waals surface area (Å²) in [6.45, 7) is 0. The maximum absolute atomic E-state index is 10.2. The molecule has 0 aliphatic heterocycles. The monoisotopic (exact) mass is 366 g/mol. The standard InChI is InChI=1S/C17H16BrClO2/c1-21-17-9-15-11(7-16(17)19)6-13(20)8-14(15)10-3-2-4-12(18)5-10/h2-5,7,9,13-14,20H,6,8H2,1H3/t13-,14+/m0/s1. The molecule has 0 fully saturated rings. The Morgan fingerprint density at radius 2 is 2.10 bits per heavy atom. The molecule has 4 heteroatoms. The Bertz CT molecular complexity index is 672. The van der Waals surface area contributed by atoms with Crippen LogP contribution in [0.4, 0.5) is 0 Å². The van der Waals surface area contributed by atoms with Crippen LogP contribution in [0.15, 0.2) is 40.9 Å². The zero-order chi connectivity index (χ0) is 15.0. The average molecular weight is 368 g/mol. The number of benzene rings is 2. The highest BCUT2D eigenvalue weighted by Gasteiger charge is 2.28. The van der Waals surface area contributed by atoms with Crippen molar-refractivity contribution < 1.29 is 9.84 Å². The van der Waals surface area contributed by atoms with E-state index >= 15 is 0 Å². The summed E-state index contributed by atoms with van der Waals surface area (Å²) in [5.74, 6) is 0.846. The Labute approximate surface area is 137 Å². The van der Waals surface area contributed by atoms with Gasteiger partial charge in [0.05, 0.1) is 18.2 Å². The molecule has 3 rings (SSSR count). The lowest BCUT2D eigenvalue weighted by Crippen LogP contribution is -2.23. The molecule has 0 bridgehead atoms. The lowest BCUT2D eigenvalue weighted by Gasteiger charge is -2.30. The number of aliphatic hydroxyl groups is 1. The molecule has 1 aliphatic carbocycles. The maximum Gasteiger partial charge on any atom is 0.137 e. The Morgan fingerprint density at radius 3 is 2.81 bits per heavy atom. The van der Waals surface area contributed by atoms with Crippen LogP contribution in [0, 0.1) is 0 Å². The summed E-state index contributed by atoms with van der Waals surface area (Å²) >= 11 is 9.73. The van der Waals surface area contributed by atoms with Crippen molar-refractivity contribution in [2.24, 2.45) is 0 Å². The van der Waals surface area contributed by atoms with E-state index in [1.54, 1.807) is 7.11 Å². The van der Waals surface area contributed by atoms with E-state index in [1.807, 2.05) is 24.3 Å². The van der Waals surface area contributed by atoms with Crippen LogP contribution in [0.2, 0.25) is 5.02 Å². The Morgan fingerprint density at radius 1 is 1.29 bits per heavy atom. The fourth-order valence-corrected chi connectivity index (χ4v) is 3.72. The second-order valence-corrected chi connectivity index (χ2v) is 6.71. The normalized spacial score (nSPS) is 21.0. The number of fused-ring (bicyclic) bond motifs is 1.